The van der Waals surface area contributed by atoms with Crippen LogP contribution in [0.3, 0.4) is 0 Å². The molecule has 0 radical (unpaired) electrons. The molecule has 2 rings (SSSR count). The number of amides is 1. The van der Waals surface area contributed by atoms with Gasteiger partial charge in [0.1, 0.15) is 5.56 Å². The number of pyridine rings is 1. The molecule has 0 saturated heterocycles. The average Bonchev–Trinajstić information content (AvgIpc) is 2.43. The minimum absolute atomic E-state index is 0.0885. The third-order valence-corrected chi connectivity index (χ3v) is 3.28. The van der Waals surface area contributed by atoms with Gasteiger partial charge in [0.2, 0.25) is 0 Å². The third-order valence-electron chi connectivity index (χ3n) is 3.28. The summed E-state index contributed by atoms with van der Waals surface area (Å²) in [4.78, 5) is 26.4. The number of benzene rings is 1. The second-order valence-corrected chi connectivity index (χ2v) is 5.26. The van der Waals surface area contributed by atoms with Crippen LogP contribution in [0.2, 0.25) is 0 Å². The maximum Gasteiger partial charge on any atom is 0.412 e. The molecular weight excluding hydrogens is 309 g/mol. The quantitative estimate of drug-likeness (QED) is 0.911. The van der Waals surface area contributed by atoms with Crippen molar-refractivity contribution in [2.75, 3.05) is 0 Å². The van der Waals surface area contributed by atoms with Crippen LogP contribution in [0.5, 0.6) is 0 Å². The van der Waals surface area contributed by atoms with Gasteiger partial charge in [0, 0.05) is 18.0 Å². The van der Waals surface area contributed by atoms with E-state index < -0.39 is 23.6 Å². The van der Waals surface area contributed by atoms with E-state index in [0.29, 0.717) is 11.3 Å². The third kappa shape index (κ3) is 4.00. The fourth-order valence-electron chi connectivity index (χ4n) is 2.16. The van der Waals surface area contributed by atoms with E-state index in [9.17, 15) is 22.8 Å². The number of H-pyrrole nitrogens is 1. The van der Waals surface area contributed by atoms with Crippen LogP contribution in [-0.2, 0) is 0 Å². The Labute approximate surface area is 130 Å². The Morgan fingerprint density at radius 2 is 1.91 bits per heavy atom. The van der Waals surface area contributed by atoms with Crippen LogP contribution in [0, 0.1) is 13.8 Å². The Kier molecular flexibility index (Phi) is 4.58. The fraction of sp³-hybridized carbons (Fsp3) is 0.250. The Morgan fingerprint density at radius 1 is 1.22 bits per heavy atom. The highest BCUT2D eigenvalue weighted by Gasteiger charge is 2.42. The molecule has 122 valence electrons. The monoisotopic (exact) mass is 324 g/mol. The van der Waals surface area contributed by atoms with Crippen molar-refractivity contribution >= 4 is 5.91 Å². The number of nitrogens with one attached hydrogen (secondary N) is 2. The van der Waals surface area contributed by atoms with E-state index >= 15 is 0 Å². The van der Waals surface area contributed by atoms with Gasteiger partial charge in [-0.05, 0) is 19.4 Å². The number of hydrogen-bond acceptors (Lipinski definition) is 2. The molecule has 1 aromatic heterocycles. The number of aromatic nitrogens is 1. The van der Waals surface area contributed by atoms with Crippen molar-refractivity contribution in [3.63, 3.8) is 0 Å². The normalized spacial score (nSPS) is 12.7. The van der Waals surface area contributed by atoms with Gasteiger partial charge in [-0.1, -0.05) is 29.8 Å². The molecular formula is C16H15F3N2O2. The summed E-state index contributed by atoms with van der Waals surface area (Å²) >= 11 is 0. The Morgan fingerprint density at radius 3 is 2.48 bits per heavy atom. The summed E-state index contributed by atoms with van der Waals surface area (Å²) in [7, 11) is 0. The maximum absolute atomic E-state index is 13.3. The molecule has 7 heteroatoms. The van der Waals surface area contributed by atoms with Gasteiger partial charge in [0.25, 0.3) is 5.91 Å². The van der Waals surface area contributed by atoms with E-state index in [1.54, 1.807) is 19.9 Å². The number of halogens is 3. The lowest BCUT2D eigenvalue weighted by Gasteiger charge is -2.22. The van der Waals surface area contributed by atoms with Crippen LogP contribution in [-0.4, -0.2) is 17.1 Å². The van der Waals surface area contributed by atoms with Crippen molar-refractivity contribution in [1.82, 2.24) is 10.3 Å². The van der Waals surface area contributed by atoms with Crippen LogP contribution in [0.15, 0.2) is 41.3 Å². The summed E-state index contributed by atoms with van der Waals surface area (Å²) in [6.07, 6.45) is -3.57. The van der Waals surface area contributed by atoms with Crippen molar-refractivity contribution in [2.24, 2.45) is 0 Å². The Hall–Kier alpha value is -2.57. The van der Waals surface area contributed by atoms with Crippen LogP contribution >= 0.6 is 0 Å². The number of aromatic amines is 1. The molecule has 0 saturated carbocycles. The van der Waals surface area contributed by atoms with Gasteiger partial charge < -0.3 is 10.3 Å². The summed E-state index contributed by atoms with van der Waals surface area (Å²) in [6.45, 7) is 3.26. The minimum atomic E-state index is -4.68. The van der Waals surface area contributed by atoms with Gasteiger partial charge in [-0.15, -0.1) is 0 Å². The lowest BCUT2D eigenvalue weighted by molar-refractivity contribution is -0.155. The first-order valence-electron chi connectivity index (χ1n) is 6.82. The van der Waals surface area contributed by atoms with E-state index in [1.165, 1.54) is 18.2 Å². The second kappa shape index (κ2) is 6.28. The highest BCUT2D eigenvalue weighted by Crippen LogP contribution is 2.33. The minimum Gasteiger partial charge on any atom is -0.364 e. The molecule has 1 amide bonds. The van der Waals surface area contributed by atoms with E-state index in [-0.39, 0.29) is 11.1 Å². The van der Waals surface area contributed by atoms with Gasteiger partial charge in [-0.3, -0.25) is 9.59 Å². The molecule has 0 unspecified atom stereocenters. The van der Waals surface area contributed by atoms with E-state index in [4.69, 9.17) is 0 Å². The molecule has 1 aromatic carbocycles. The number of hydrogen-bond donors (Lipinski definition) is 2. The maximum atomic E-state index is 13.3. The lowest BCUT2D eigenvalue weighted by atomic mass is 10.0. The predicted molar refractivity (Wildman–Crippen MR) is 79.2 cm³/mol. The van der Waals surface area contributed by atoms with Crippen molar-refractivity contribution in [3.8, 4) is 0 Å². The first-order valence-corrected chi connectivity index (χ1v) is 6.82. The van der Waals surface area contributed by atoms with Gasteiger partial charge in [-0.2, -0.15) is 13.2 Å². The molecule has 2 aromatic rings. The van der Waals surface area contributed by atoms with Gasteiger partial charge in [-0.25, -0.2) is 0 Å². The van der Waals surface area contributed by atoms with Gasteiger partial charge in [0.15, 0.2) is 11.5 Å². The summed E-state index contributed by atoms with van der Waals surface area (Å²) in [5, 5.41) is 1.89. The highest BCUT2D eigenvalue weighted by atomic mass is 19.4. The second-order valence-electron chi connectivity index (χ2n) is 5.26. The van der Waals surface area contributed by atoms with Gasteiger partial charge >= 0.3 is 6.18 Å². The largest absolute Gasteiger partial charge is 0.412 e. The topological polar surface area (TPSA) is 62.0 Å². The standard InChI is InChI=1S/C16H15F3N2O2/c1-9-4-3-5-11(6-9)14(16(17,18)19)21-15(23)12-8-20-10(2)7-13(12)22/h3-8,14H,1-2H3,(H,20,22)(H,21,23)/t14-/m1/s1. The lowest BCUT2D eigenvalue weighted by Crippen LogP contribution is -2.39. The first-order chi connectivity index (χ1) is 10.7. The molecule has 0 fully saturated rings. The van der Waals surface area contributed by atoms with Gasteiger partial charge in [0.05, 0.1) is 0 Å². The average molecular weight is 324 g/mol. The first kappa shape index (κ1) is 16.8. The molecule has 0 aliphatic heterocycles. The number of carbonyl (C=O) groups excluding carboxylic acids is 1. The predicted octanol–water partition coefficient (Wildman–Crippen LogP) is 3.03. The van der Waals surface area contributed by atoms with E-state index in [2.05, 4.69) is 4.98 Å². The van der Waals surface area contributed by atoms with Crippen LogP contribution < -0.4 is 10.7 Å². The van der Waals surface area contributed by atoms with Crippen LogP contribution in [0.25, 0.3) is 0 Å². The molecule has 4 nitrogen and oxygen atoms in total. The van der Waals surface area contributed by atoms with E-state index in [0.717, 1.165) is 12.3 Å². The summed E-state index contributed by atoms with van der Waals surface area (Å²) in [6, 6.07) is 4.74. The summed E-state index contributed by atoms with van der Waals surface area (Å²) in [5.74, 6) is -1.07. The molecule has 23 heavy (non-hydrogen) atoms. The molecule has 2 N–H and O–H groups in total. The molecule has 1 atom stereocenters. The van der Waals surface area contributed by atoms with Crippen molar-refractivity contribution in [1.29, 1.82) is 0 Å². The number of rotatable bonds is 3. The highest BCUT2D eigenvalue weighted by molar-refractivity contribution is 5.94. The zero-order valence-electron chi connectivity index (χ0n) is 12.5. The SMILES string of the molecule is Cc1cccc([C@@H](NC(=O)c2c[nH]c(C)cc2=O)C(F)(F)F)c1. The Bertz CT molecular complexity index is 781. The van der Waals surface area contributed by atoms with Crippen LogP contribution in [0.4, 0.5) is 13.2 Å². The van der Waals surface area contributed by atoms with Crippen molar-refractivity contribution < 1.29 is 18.0 Å². The fourth-order valence-corrected chi connectivity index (χ4v) is 2.16. The molecule has 0 aliphatic rings. The Balaban J connectivity index is 2.35. The smallest absolute Gasteiger partial charge is 0.364 e. The number of carbonyl (C=O) groups is 1. The molecule has 0 spiro atoms. The zero-order valence-corrected chi connectivity index (χ0v) is 12.5. The van der Waals surface area contributed by atoms with Crippen molar-refractivity contribution in [3.05, 3.63) is 69.1 Å². The molecule has 0 aliphatic carbocycles. The zero-order chi connectivity index (χ0) is 17.2. The van der Waals surface area contributed by atoms with Crippen LogP contribution in [0.1, 0.15) is 33.2 Å². The number of aryl methyl sites for hydroxylation is 2. The van der Waals surface area contributed by atoms with E-state index in [1.807, 2.05) is 5.32 Å². The summed E-state index contributed by atoms with van der Waals surface area (Å²) < 4.78 is 39.8. The number of alkyl halides is 3. The molecule has 0 bridgehead atoms. The van der Waals surface area contributed by atoms with Crippen molar-refractivity contribution in [2.45, 2.75) is 26.1 Å². The molecule has 1 heterocycles. The summed E-state index contributed by atoms with van der Waals surface area (Å²) in [5.41, 5.74) is 0.0626.